The van der Waals surface area contributed by atoms with Crippen molar-refractivity contribution in [3.05, 3.63) is 170 Å². The largest absolute Gasteiger partial charge is 0.455 e. The van der Waals surface area contributed by atoms with Gasteiger partial charge in [0.25, 0.3) is 0 Å². The summed E-state index contributed by atoms with van der Waals surface area (Å²) in [5.41, 5.74) is 6.57. The molecular formula is C50H28O. The summed E-state index contributed by atoms with van der Waals surface area (Å²) in [5, 5.41) is 19.9. The Hall–Kier alpha value is -6.70. The van der Waals surface area contributed by atoms with E-state index < -0.39 is 0 Å². The van der Waals surface area contributed by atoms with Gasteiger partial charge in [-0.05, 0) is 105 Å². The summed E-state index contributed by atoms with van der Waals surface area (Å²) in [4.78, 5) is 0. The monoisotopic (exact) mass is 644 g/mol. The fourth-order valence-corrected chi connectivity index (χ4v) is 9.12. The highest BCUT2D eigenvalue weighted by atomic mass is 16.3. The topological polar surface area (TPSA) is 13.1 Å². The van der Waals surface area contributed by atoms with Crippen LogP contribution in [0.3, 0.4) is 0 Å². The predicted octanol–water partition coefficient (Wildman–Crippen LogP) is 14.4. The molecule has 0 radical (unpaired) electrons. The summed E-state index contributed by atoms with van der Waals surface area (Å²) < 4.78 is 7.17. The van der Waals surface area contributed by atoms with Gasteiger partial charge in [0, 0.05) is 21.7 Å². The molecule has 0 atom stereocenters. The van der Waals surface area contributed by atoms with E-state index in [1.54, 1.807) is 0 Å². The molecule has 0 unspecified atom stereocenters. The highest BCUT2D eigenvalue weighted by molar-refractivity contribution is 6.30. The minimum absolute atomic E-state index is 0.926. The van der Waals surface area contributed by atoms with Crippen LogP contribution in [-0.4, -0.2) is 0 Å². The SMILES string of the molecule is c1ccc2c(c1)ccc1c2oc2c(-c3cc4ccc5ccccc5c4c4ccccc34)ccc(-c3ccc4ccc5cccc6ccc3c4c56)c21. The minimum atomic E-state index is 0.926. The molecule has 1 nitrogen and oxygen atoms in total. The van der Waals surface area contributed by atoms with Crippen LogP contribution in [0.4, 0.5) is 0 Å². The Kier molecular flexibility index (Phi) is 5.29. The molecule has 0 aliphatic rings. The van der Waals surface area contributed by atoms with Gasteiger partial charge in [-0.25, -0.2) is 0 Å². The number of benzene rings is 11. The Morgan fingerprint density at radius 2 is 0.784 bits per heavy atom. The molecule has 0 N–H and O–H groups in total. The number of fused-ring (bicyclic) bond motifs is 10. The molecule has 12 aromatic rings. The van der Waals surface area contributed by atoms with Gasteiger partial charge in [-0.2, -0.15) is 0 Å². The summed E-state index contributed by atoms with van der Waals surface area (Å²) in [6.45, 7) is 0. The van der Waals surface area contributed by atoms with E-state index >= 15 is 0 Å². The number of hydrogen-bond donors (Lipinski definition) is 0. The fraction of sp³-hybridized carbons (Fsp3) is 0. The molecular weight excluding hydrogens is 617 g/mol. The van der Waals surface area contributed by atoms with E-state index in [0.717, 1.165) is 32.9 Å². The van der Waals surface area contributed by atoms with E-state index in [4.69, 9.17) is 4.42 Å². The van der Waals surface area contributed by atoms with Crippen LogP contribution in [0.5, 0.6) is 0 Å². The van der Waals surface area contributed by atoms with Crippen LogP contribution in [-0.2, 0) is 0 Å². The fourth-order valence-electron chi connectivity index (χ4n) is 9.12. The lowest BCUT2D eigenvalue weighted by atomic mass is 9.86. The van der Waals surface area contributed by atoms with E-state index in [9.17, 15) is 0 Å². The van der Waals surface area contributed by atoms with Gasteiger partial charge in [-0.1, -0.05) is 152 Å². The van der Waals surface area contributed by atoms with Gasteiger partial charge in [0.15, 0.2) is 0 Å². The summed E-state index contributed by atoms with van der Waals surface area (Å²) >= 11 is 0. The first-order chi connectivity index (χ1) is 25.3. The lowest BCUT2D eigenvalue weighted by Crippen LogP contribution is -1.90. The average Bonchev–Trinajstić information content (AvgIpc) is 3.60. The quantitative estimate of drug-likeness (QED) is 0.171. The molecule has 1 aromatic heterocycles. The van der Waals surface area contributed by atoms with Crippen molar-refractivity contribution in [2.75, 3.05) is 0 Å². The molecule has 0 aliphatic carbocycles. The first-order valence-electron chi connectivity index (χ1n) is 17.7. The van der Waals surface area contributed by atoms with E-state index in [1.165, 1.54) is 86.7 Å². The maximum atomic E-state index is 7.17. The smallest absolute Gasteiger partial charge is 0.143 e. The van der Waals surface area contributed by atoms with Crippen LogP contribution in [0.2, 0.25) is 0 Å². The lowest BCUT2D eigenvalue weighted by molar-refractivity contribution is 0.674. The van der Waals surface area contributed by atoms with Gasteiger partial charge >= 0.3 is 0 Å². The van der Waals surface area contributed by atoms with Crippen molar-refractivity contribution in [2.45, 2.75) is 0 Å². The van der Waals surface area contributed by atoms with Crippen molar-refractivity contribution in [3.63, 3.8) is 0 Å². The predicted molar refractivity (Wildman–Crippen MR) is 218 cm³/mol. The molecule has 1 heteroatoms. The Bertz CT molecular complexity index is 3400. The Morgan fingerprint density at radius 1 is 0.235 bits per heavy atom. The third-order valence-corrected chi connectivity index (χ3v) is 11.4. The molecule has 0 fully saturated rings. The van der Waals surface area contributed by atoms with Crippen LogP contribution in [0.15, 0.2) is 174 Å². The molecule has 0 spiro atoms. The molecule has 0 aliphatic heterocycles. The highest BCUT2D eigenvalue weighted by Gasteiger charge is 2.22. The maximum absolute atomic E-state index is 7.17. The third kappa shape index (κ3) is 3.65. The van der Waals surface area contributed by atoms with Crippen molar-refractivity contribution < 1.29 is 4.42 Å². The van der Waals surface area contributed by atoms with Crippen LogP contribution >= 0.6 is 0 Å². The number of hydrogen-bond acceptors (Lipinski definition) is 1. The second-order valence-electron chi connectivity index (χ2n) is 14.0. The average molecular weight is 645 g/mol. The zero-order chi connectivity index (χ0) is 33.2. The molecule has 0 saturated heterocycles. The van der Waals surface area contributed by atoms with Gasteiger partial charge in [-0.15, -0.1) is 0 Å². The highest BCUT2D eigenvalue weighted by Crippen LogP contribution is 2.48. The van der Waals surface area contributed by atoms with Crippen molar-refractivity contribution in [1.82, 2.24) is 0 Å². The van der Waals surface area contributed by atoms with E-state index in [0.29, 0.717) is 0 Å². The summed E-state index contributed by atoms with van der Waals surface area (Å²) in [6.07, 6.45) is 0. The third-order valence-electron chi connectivity index (χ3n) is 11.4. The Morgan fingerprint density at radius 3 is 1.63 bits per heavy atom. The lowest BCUT2D eigenvalue weighted by Gasteiger charge is -2.16. The molecule has 51 heavy (non-hydrogen) atoms. The Labute approximate surface area is 292 Å². The van der Waals surface area contributed by atoms with Crippen LogP contribution < -0.4 is 0 Å². The van der Waals surface area contributed by atoms with Crippen molar-refractivity contribution in [1.29, 1.82) is 0 Å². The Balaban J connectivity index is 1.23. The molecule has 11 aromatic carbocycles. The van der Waals surface area contributed by atoms with E-state index in [1.807, 2.05) is 0 Å². The summed E-state index contributed by atoms with van der Waals surface area (Å²) in [7, 11) is 0. The molecule has 0 amide bonds. The van der Waals surface area contributed by atoms with E-state index in [2.05, 4.69) is 170 Å². The van der Waals surface area contributed by atoms with Gasteiger partial charge in [0.05, 0.1) is 0 Å². The second kappa shape index (κ2) is 9.94. The van der Waals surface area contributed by atoms with Crippen molar-refractivity contribution in [2.24, 2.45) is 0 Å². The van der Waals surface area contributed by atoms with Gasteiger partial charge < -0.3 is 4.42 Å². The molecule has 0 saturated carbocycles. The first kappa shape index (κ1) is 27.2. The van der Waals surface area contributed by atoms with Crippen LogP contribution in [0.1, 0.15) is 0 Å². The standard InChI is InChI=1S/C50H28O/c1-3-12-35-29(8-1)16-19-34-28-44(37-14-5-6-15-39(37)46(34)35)42-27-26-41(48-43-25-20-30-9-2-4-13-36(30)49(43)51-50(42)48)38-23-21-33-18-17-31-10-7-11-32-22-24-40(38)47(33)45(31)32/h1-28H. The van der Waals surface area contributed by atoms with Crippen LogP contribution in [0, 0.1) is 0 Å². The molecule has 0 bridgehead atoms. The molecule has 12 rings (SSSR count). The van der Waals surface area contributed by atoms with Gasteiger partial charge in [0.2, 0.25) is 0 Å². The first-order valence-corrected chi connectivity index (χ1v) is 17.7. The normalized spacial score (nSPS) is 12.3. The maximum Gasteiger partial charge on any atom is 0.143 e. The zero-order valence-corrected chi connectivity index (χ0v) is 27.6. The molecule has 234 valence electrons. The number of furan rings is 1. The molecule has 1 heterocycles. The van der Waals surface area contributed by atoms with E-state index in [-0.39, 0.29) is 0 Å². The van der Waals surface area contributed by atoms with Crippen molar-refractivity contribution in [3.8, 4) is 22.3 Å². The van der Waals surface area contributed by atoms with Gasteiger partial charge in [0.1, 0.15) is 11.2 Å². The number of rotatable bonds is 2. The summed E-state index contributed by atoms with van der Waals surface area (Å²) in [5.74, 6) is 0. The summed E-state index contributed by atoms with van der Waals surface area (Å²) in [6, 6.07) is 62.5. The van der Waals surface area contributed by atoms with Crippen molar-refractivity contribution >= 4 is 97.3 Å². The van der Waals surface area contributed by atoms with Gasteiger partial charge in [-0.3, -0.25) is 0 Å². The minimum Gasteiger partial charge on any atom is -0.455 e. The zero-order valence-electron chi connectivity index (χ0n) is 27.6. The van der Waals surface area contributed by atoms with Crippen LogP contribution in [0.25, 0.3) is 120 Å². The second-order valence-corrected chi connectivity index (χ2v) is 14.0.